The molecule has 0 radical (unpaired) electrons. The highest BCUT2D eigenvalue weighted by Gasteiger charge is 2.18. The Bertz CT molecular complexity index is 1530. The van der Waals surface area contributed by atoms with Crippen LogP contribution in [0.3, 0.4) is 0 Å². The van der Waals surface area contributed by atoms with Gasteiger partial charge in [-0.15, -0.1) is 11.3 Å². The molecule has 0 bridgehead atoms. The molecule has 0 unspecified atom stereocenters. The summed E-state index contributed by atoms with van der Waals surface area (Å²) < 4.78 is 37.4. The first-order valence-corrected chi connectivity index (χ1v) is 11.4. The lowest BCUT2D eigenvalue weighted by Gasteiger charge is -2.11. The largest absolute Gasteiger partial charge is 0.487 e. The number of hydrogen-bond donors (Lipinski definition) is 1. The zero-order valence-corrected chi connectivity index (χ0v) is 20.2. The van der Waals surface area contributed by atoms with Gasteiger partial charge in [0.2, 0.25) is 5.91 Å². The van der Waals surface area contributed by atoms with Crippen LogP contribution in [0.4, 0.5) is 13.9 Å². The van der Waals surface area contributed by atoms with Crippen LogP contribution in [-0.4, -0.2) is 36.4 Å². The molecule has 0 aliphatic carbocycles. The van der Waals surface area contributed by atoms with E-state index >= 15 is 0 Å². The van der Waals surface area contributed by atoms with Crippen LogP contribution in [0.15, 0.2) is 33.3 Å². The third-order valence-electron chi connectivity index (χ3n) is 5.16. The molecule has 0 atom stereocenters. The fourth-order valence-corrected chi connectivity index (χ4v) is 4.12. The van der Waals surface area contributed by atoms with E-state index < -0.39 is 34.5 Å². The maximum absolute atomic E-state index is 14.4. The van der Waals surface area contributed by atoms with E-state index in [4.69, 9.17) is 4.74 Å². The smallest absolute Gasteiger partial charge is 0.331 e. The summed E-state index contributed by atoms with van der Waals surface area (Å²) in [5.41, 5.74) is -0.213. The van der Waals surface area contributed by atoms with E-state index in [2.05, 4.69) is 15.4 Å². The summed E-state index contributed by atoms with van der Waals surface area (Å²) >= 11 is 1.07. The SMILES string of the molecule is CC(C)COc1c(F)cc(-c2csc(NC(=O)Cn3ncc4c3c(=O)n(C)c(=O)n4C)n2)cc1F. The predicted molar refractivity (Wildman–Crippen MR) is 127 cm³/mol. The van der Waals surface area contributed by atoms with E-state index in [0.29, 0.717) is 5.52 Å². The maximum atomic E-state index is 14.4. The number of rotatable bonds is 7. The zero-order chi connectivity index (χ0) is 25.4. The number of benzene rings is 1. The second kappa shape index (κ2) is 9.41. The molecular weight excluding hydrogens is 482 g/mol. The number of hydrogen-bond acceptors (Lipinski definition) is 7. The van der Waals surface area contributed by atoms with Crippen molar-refractivity contribution in [2.24, 2.45) is 20.0 Å². The van der Waals surface area contributed by atoms with Crippen LogP contribution >= 0.6 is 11.3 Å². The number of ether oxygens (including phenoxy) is 1. The molecule has 0 fully saturated rings. The van der Waals surface area contributed by atoms with Gasteiger partial charge in [0, 0.05) is 25.0 Å². The first-order valence-electron chi connectivity index (χ1n) is 10.6. The molecule has 1 aromatic carbocycles. The Balaban J connectivity index is 1.52. The summed E-state index contributed by atoms with van der Waals surface area (Å²) in [6.07, 6.45) is 1.34. The quantitative estimate of drug-likeness (QED) is 0.414. The Morgan fingerprint density at radius 1 is 1.17 bits per heavy atom. The number of anilines is 1. The van der Waals surface area contributed by atoms with Crippen molar-refractivity contribution in [2.45, 2.75) is 20.4 Å². The number of nitrogens with one attached hydrogen (secondary N) is 1. The first-order chi connectivity index (χ1) is 16.6. The van der Waals surface area contributed by atoms with Crippen molar-refractivity contribution >= 4 is 33.4 Å². The van der Waals surface area contributed by atoms with Crippen molar-refractivity contribution < 1.29 is 18.3 Å². The monoisotopic (exact) mass is 504 g/mol. The molecule has 4 rings (SSSR count). The van der Waals surface area contributed by atoms with Crippen LogP contribution in [0.5, 0.6) is 5.75 Å². The first kappa shape index (κ1) is 24.3. The van der Waals surface area contributed by atoms with Gasteiger partial charge in [-0.3, -0.25) is 18.7 Å². The Labute approximate surface area is 201 Å². The molecule has 0 aliphatic heterocycles. The van der Waals surface area contributed by atoms with Crippen molar-refractivity contribution in [1.29, 1.82) is 0 Å². The standard InChI is InChI=1S/C22H22F2N6O4S/c1-11(2)9-34-19-13(23)5-12(6-14(19)24)15-10-35-21(26-15)27-17(31)8-30-18-16(7-25-30)28(3)22(33)29(4)20(18)32/h5-7,10-11H,8-9H2,1-4H3,(H,26,27,31). The number of carbonyl (C=O) groups excluding carboxylic acids is 1. The number of carbonyl (C=O) groups is 1. The van der Waals surface area contributed by atoms with E-state index in [1.807, 2.05) is 13.8 Å². The Kier molecular flexibility index (Phi) is 6.52. The fourth-order valence-electron chi connectivity index (χ4n) is 3.39. The third-order valence-corrected chi connectivity index (χ3v) is 5.92. The average molecular weight is 505 g/mol. The molecule has 0 saturated heterocycles. The molecule has 1 amide bonds. The Hall–Kier alpha value is -3.87. The molecule has 35 heavy (non-hydrogen) atoms. The highest BCUT2D eigenvalue weighted by Crippen LogP contribution is 2.31. The van der Waals surface area contributed by atoms with Gasteiger partial charge in [-0.1, -0.05) is 13.8 Å². The Morgan fingerprint density at radius 2 is 1.86 bits per heavy atom. The van der Waals surface area contributed by atoms with E-state index in [-0.39, 0.29) is 41.0 Å². The lowest BCUT2D eigenvalue weighted by atomic mass is 10.1. The number of amides is 1. The number of aryl methyl sites for hydroxylation is 1. The summed E-state index contributed by atoms with van der Waals surface area (Å²) in [6, 6.07) is 2.24. The highest BCUT2D eigenvalue weighted by molar-refractivity contribution is 7.14. The summed E-state index contributed by atoms with van der Waals surface area (Å²) in [5, 5.41) is 8.39. The third kappa shape index (κ3) is 4.71. The molecule has 3 aromatic heterocycles. The van der Waals surface area contributed by atoms with Crippen LogP contribution in [0.2, 0.25) is 0 Å². The van der Waals surface area contributed by atoms with Gasteiger partial charge in [-0.05, 0) is 18.1 Å². The number of aromatic nitrogens is 5. The van der Waals surface area contributed by atoms with Gasteiger partial charge in [0.25, 0.3) is 5.56 Å². The maximum Gasteiger partial charge on any atom is 0.331 e. The van der Waals surface area contributed by atoms with Crippen molar-refractivity contribution in [2.75, 3.05) is 11.9 Å². The van der Waals surface area contributed by atoms with Crippen molar-refractivity contribution in [1.82, 2.24) is 23.9 Å². The number of fused-ring (bicyclic) bond motifs is 1. The van der Waals surface area contributed by atoms with E-state index in [1.54, 1.807) is 5.38 Å². The van der Waals surface area contributed by atoms with Gasteiger partial charge in [0.15, 0.2) is 28.0 Å². The molecule has 3 heterocycles. The molecule has 0 aliphatic rings. The molecular formula is C22H22F2N6O4S. The Morgan fingerprint density at radius 3 is 2.51 bits per heavy atom. The van der Waals surface area contributed by atoms with Gasteiger partial charge in [-0.2, -0.15) is 5.10 Å². The average Bonchev–Trinajstić information content (AvgIpc) is 3.42. The van der Waals surface area contributed by atoms with Crippen molar-refractivity contribution in [3.05, 3.63) is 56.2 Å². The minimum Gasteiger partial charge on any atom is -0.487 e. The summed E-state index contributed by atoms with van der Waals surface area (Å²) in [4.78, 5) is 41.4. The van der Waals surface area contributed by atoms with Gasteiger partial charge < -0.3 is 10.1 Å². The van der Waals surface area contributed by atoms with Crippen molar-refractivity contribution in [3.8, 4) is 17.0 Å². The van der Waals surface area contributed by atoms with Crippen LogP contribution in [0.1, 0.15) is 13.8 Å². The van der Waals surface area contributed by atoms with Crippen LogP contribution in [0, 0.1) is 17.6 Å². The lowest BCUT2D eigenvalue weighted by molar-refractivity contribution is -0.116. The molecule has 1 N–H and O–H groups in total. The molecule has 10 nitrogen and oxygen atoms in total. The lowest BCUT2D eigenvalue weighted by Crippen LogP contribution is -2.37. The normalized spacial score (nSPS) is 11.4. The number of thiazole rings is 1. The molecule has 13 heteroatoms. The van der Waals surface area contributed by atoms with Crippen LogP contribution in [0.25, 0.3) is 22.3 Å². The van der Waals surface area contributed by atoms with E-state index in [9.17, 15) is 23.2 Å². The summed E-state index contributed by atoms with van der Waals surface area (Å²) in [5.74, 6) is -2.56. The van der Waals surface area contributed by atoms with Crippen molar-refractivity contribution in [3.63, 3.8) is 0 Å². The van der Waals surface area contributed by atoms with Gasteiger partial charge in [0.05, 0.1) is 24.0 Å². The summed E-state index contributed by atoms with van der Waals surface area (Å²) in [7, 11) is 2.84. The van der Waals surface area contributed by atoms with Gasteiger partial charge in [-0.25, -0.2) is 23.2 Å². The topological polar surface area (TPSA) is 113 Å². The van der Waals surface area contributed by atoms with Gasteiger partial charge >= 0.3 is 5.69 Å². The van der Waals surface area contributed by atoms with Gasteiger partial charge in [0.1, 0.15) is 6.54 Å². The molecule has 4 aromatic rings. The number of nitrogens with zero attached hydrogens (tertiary/aromatic N) is 5. The summed E-state index contributed by atoms with van der Waals surface area (Å²) in [6.45, 7) is 3.60. The van der Waals surface area contributed by atoms with Crippen LogP contribution in [-0.2, 0) is 25.4 Å². The van der Waals surface area contributed by atoms with Crippen LogP contribution < -0.4 is 21.3 Å². The minimum absolute atomic E-state index is 0.104. The fraction of sp³-hybridized carbons (Fsp3) is 0.318. The molecule has 0 saturated carbocycles. The highest BCUT2D eigenvalue weighted by atomic mass is 32.1. The molecule has 184 valence electrons. The zero-order valence-electron chi connectivity index (χ0n) is 19.3. The second-order valence-electron chi connectivity index (χ2n) is 8.30. The minimum atomic E-state index is -0.847. The molecule has 0 spiro atoms. The van der Waals surface area contributed by atoms with E-state index in [1.165, 1.54) is 29.5 Å². The second-order valence-corrected chi connectivity index (χ2v) is 9.16. The van der Waals surface area contributed by atoms with E-state index in [0.717, 1.165) is 28.0 Å². The predicted octanol–water partition coefficient (Wildman–Crippen LogP) is 2.51. The number of halogens is 2.